The van der Waals surface area contributed by atoms with Crippen LogP contribution >= 0.6 is 11.3 Å². The van der Waals surface area contributed by atoms with E-state index < -0.39 is 0 Å². The molecule has 3 aromatic rings. The summed E-state index contributed by atoms with van der Waals surface area (Å²) in [4.78, 5) is 22.8. The van der Waals surface area contributed by atoms with Crippen LogP contribution in [0.2, 0.25) is 0 Å². The summed E-state index contributed by atoms with van der Waals surface area (Å²) in [5, 5.41) is 2.02. The number of fused-ring (bicyclic) bond motifs is 1. The molecule has 0 unspecified atom stereocenters. The second-order valence-electron chi connectivity index (χ2n) is 7.71. The van der Waals surface area contributed by atoms with Crippen LogP contribution in [0.15, 0.2) is 35.8 Å². The molecule has 1 fully saturated rings. The van der Waals surface area contributed by atoms with Crippen LogP contribution in [-0.4, -0.2) is 58.4 Å². The number of carbonyl (C=O) groups excluding carboxylic acids is 1. The third-order valence-electron chi connectivity index (χ3n) is 5.39. The number of hydrogen-bond donors (Lipinski definition) is 0. The maximum atomic E-state index is 13.1. The molecule has 0 bridgehead atoms. The second kappa shape index (κ2) is 8.97. The van der Waals surface area contributed by atoms with Gasteiger partial charge in [0.05, 0.1) is 5.69 Å². The Morgan fingerprint density at radius 3 is 2.72 bits per heavy atom. The molecule has 1 aromatic carbocycles. The van der Waals surface area contributed by atoms with E-state index in [9.17, 15) is 4.79 Å². The average Bonchev–Trinajstić information content (AvgIpc) is 3.32. The number of aromatic nitrogens is 2. The Kier molecular flexibility index (Phi) is 6.16. The topological polar surface area (TPSA) is 50.1 Å². The number of amides is 1. The SMILES string of the molecule is Cc1ccc(OCCN(C)Cc2c(C(=O)N3CCCCC3)nc3sccn23)cc1. The van der Waals surface area contributed by atoms with Gasteiger partial charge in [0.25, 0.3) is 5.91 Å². The summed E-state index contributed by atoms with van der Waals surface area (Å²) in [6.45, 7) is 5.76. The first-order chi connectivity index (χ1) is 14.1. The molecule has 2 aromatic heterocycles. The molecule has 1 saturated heterocycles. The average molecular weight is 413 g/mol. The van der Waals surface area contributed by atoms with Crippen molar-refractivity contribution in [3.05, 3.63) is 52.8 Å². The zero-order valence-electron chi connectivity index (χ0n) is 17.1. The molecule has 29 heavy (non-hydrogen) atoms. The lowest BCUT2D eigenvalue weighted by Gasteiger charge is -2.26. The summed E-state index contributed by atoms with van der Waals surface area (Å²) in [6.07, 6.45) is 5.38. The number of hydrogen-bond acceptors (Lipinski definition) is 5. The summed E-state index contributed by atoms with van der Waals surface area (Å²) in [5.41, 5.74) is 2.79. The van der Waals surface area contributed by atoms with Gasteiger partial charge in [-0.25, -0.2) is 4.98 Å². The standard InChI is InChI=1S/C22H28N4O2S/c1-17-6-8-18(9-7-17)28-14-12-24(2)16-19-20(23-22-26(19)13-15-29-22)21(27)25-10-4-3-5-11-25/h6-9,13,15H,3-5,10-12,14,16H2,1-2H3. The Bertz CT molecular complexity index is 957. The summed E-state index contributed by atoms with van der Waals surface area (Å²) in [7, 11) is 2.05. The molecule has 0 aliphatic carbocycles. The number of aryl methyl sites for hydroxylation is 1. The van der Waals surface area contributed by atoms with Crippen LogP contribution in [0.5, 0.6) is 5.75 Å². The molecule has 0 radical (unpaired) electrons. The molecule has 1 amide bonds. The zero-order valence-corrected chi connectivity index (χ0v) is 18.0. The maximum Gasteiger partial charge on any atom is 0.274 e. The summed E-state index contributed by atoms with van der Waals surface area (Å²) in [5.74, 6) is 0.953. The van der Waals surface area contributed by atoms with E-state index >= 15 is 0 Å². The molecule has 6 nitrogen and oxygen atoms in total. The lowest BCUT2D eigenvalue weighted by molar-refractivity contribution is 0.0716. The fourth-order valence-electron chi connectivity index (χ4n) is 3.69. The predicted octanol–water partition coefficient (Wildman–Crippen LogP) is 3.84. The highest BCUT2D eigenvalue weighted by atomic mass is 32.1. The first kappa shape index (κ1) is 19.9. The van der Waals surface area contributed by atoms with Gasteiger partial charge >= 0.3 is 0 Å². The Morgan fingerprint density at radius 2 is 1.97 bits per heavy atom. The number of likely N-dealkylation sites (tertiary alicyclic amines) is 1. The highest BCUT2D eigenvalue weighted by Crippen LogP contribution is 2.22. The molecule has 7 heteroatoms. The lowest BCUT2D eigenvalue weighted by atomic mass is 10.1. The fraction of sp³-hybridized carbons (Fsp3) is 0.455. The number of imidazole rings is 1. The normalized spacial score (nSPS) is 14.7. The van der Waals surface area contributed by atoms with Crippen molar-refractivity contribution in [1.29, 1.82) is 0 Å². The minimum atomic E-state index is 0.0694. The van der Waals surface area contributed by atoms with Gasteiger partial charge in [-0.05, 0) is 45.4 Å². The van der Waals surface area contributed by atoms with Gasteiger partial charge in [0.1, 0.15) is 12.4 Å². The number of benzene rings is 1. The highest BCUT2D eigenvalue weighted by molar-refractivity contribution is 7.15. The molecule has 0 atom stereocenters. The Labute approximate surface area is 175 Å². The Hall–Kier alpha value is -2.38. The molecule has 0 saturated carbocycles. The first-order valence-corrected chi connectivity index (χ1v) is 11.1. The summed E-state index contributed by atoms with van der Waals surface area (Å²) in [6, 6.07) is 8.10. The van der Waals surface area contributed by atoms with Crippen molar-refractivity contribution in [3.63, 3.8) is 0 Å². The Balaban J connectivity index is 1.42. The Morgan fingerprint density at radius 1 is 1.21 bits per heavy atom. The van der Waals surface area contributed by atoms with Crippen molar-refractivity contribution in [1.82, 2.24) is 19.2 Å². The van der Waals surface area contributed by atoms with Crippen molar-refractivity contribution in [3.8, 4) is 5.75 Å². The minimum Gasteiger partial charge on any atom is -0.492 e. The number of rotatable bonds is 7. The van der Waals surface area contributed by atoms with Crippen LogP contribution in [0.4, 0.5) is 0 Å². The van der Waals surface area contributed by atoms with Crippen LogP contribution in [0.1, 0.15) is 41.0 Å². The van der Waals surface area contributed by atoms with Crippen LogP contribution in [0.3, 0.4) is 0 Å². The number of thiazole rings is 1. The number of piperidine rings is 1. The van der Waals surface area contributed by atoms with Gasteiger partial charge < -0.3 is 9.64 Å². The van der Waals surface area contributed by atoms with E-state index in [0.717, 1.165) is 48.9 Å². The third-order valence-corrected chi connectivity index (χ3v) is 6.15. The predicted molar refractivity (Wildman–Crippen MR) is 116 cm³/mol. The van der Waals surface area contributed by atoms with E-state index in [2.05, 4.69) is 40.4 Å². The van der Waals surface area contributed by atoms with E-state index in [0.29, 0.717) is 18.8 Å². The highest BCUT2D eigenvalue weighted by Gasteiger charge is 2.26. The number of likely N-dealkylation sites (N-methyl/N-ethyl adjacent to an activating group) is 1. The summed E-state index contributed by atoms with van der Waals surface area (Å²) < 4.78 is 7.91. The van der Waals surface area contributed by atoms with Gasteiger partial charge in [0.2, 0.25) is 0 Å². The van der Waals surface area contributed by atoms with Crippen LogP contribution < -0.4 is 4.74 Å². The number of ether oxygens (including phenoxy) is 1. The number of nitrogens with zero attached hydrogens (tertiary/aromatic N) is 4. The second-order valence-corrected chi connectivity index (χ2v) is 8.59. The molecular formula is C22H28N4O2S. The molecule has 0 N–H and O–H groups in total. The van der Waals surface area contributed by atoms with Gasteiger partial charge in [0.15, 0.2) is 10.7 Å². The quantitative estimate of drug-likeness (QED) is 0.592. The van der Waals surface area contributed by atoms with Crippen LogP contribution in [-0.2, 0) is 6.54 Å². The van der Waals surface area contributed by atoms with Crippen molar-refractivity contribution in [2.75, 3.05) is 33.3 Å². The van der Waals surface area contributed by atoms with Gasteiger partial charge in [-0.15, -0.1) is 11.3 Å². The zero-order chi connectivity index (χ0) is 20.2. The molecule has 0 spiro atoms. The largest absolute Gasteiger partial charge is 0.492 e. The van der Waals surface area contributed by atoms with E-state index in [1.807, 2.05) is 28.6 Å². The van der Waals surface area contributed by atoms with E-state index in [1.54, 1.807) is 11.3 Å². The maximum absolute atomic E-state index is 13.1. The monoisotopic (exact) mass is 412 g/mol. The molecule has 1 aliphatic heterocycles. The van der Waals surface area contributed by atoms with Crippen molar-refractivity contribution in [2.24, 2.45) is 0 Å². The van der Waals surface area contributed by atoms with Gasteiger partial charge in [-0.1, -0.05) is 17.7 Å². The fourth-order valence-corrected chi connectivity index (χ4v) is 4.42. The van der Waals surface area contributed by atoms with Crippen molar-refractivity contribution in [2.45, 2.75) is 32.7 Å². The first-order valence-electron chi connectivity index (χ1n) is 10.2. The molecule has 4 rings (SSSR count). The van der Waals surface area contributed by atoms with Gasteiger partial charge in [-0.3, -0.25) is 14.1 Å². The molecule has 1 aliphatic rings. The number of carbonyl (C=O) groups is 1. The van der Waals surface area contributed by atoms with E-state index in [4.69, 9.17) is 4.74 Å². The lowest BCUT2D eigenvalue weighted by Crippen LogP contribution is -2.36. The van der Waals surface area contributed by atoms with Crippen LogP contribution in [0.25, 0.3) is 4.96 Å². The van der Waals surface area contributed by atoms with Gasteiger partial charge in [-0.2, -0.15) is 0 Å². The van der Waals surface area contributed by atoms with Crippen molar-refractivity contribution >= 4 is 22.2 Å². The van der Waals surface area contributed by atoms with E-state index in [1.165, 1.54) is 12.0 Å². The summed E-state index contributed by atoms with van der Waals surface area (Å²) >= 11 is 1.57. The smallest absolute Gasteiger partial charge is 0.274 e. The molecule has 3 heterocycles. The minimum absolute atomic E-state index is 0.0694. The van der Waals surface area contributed by atoms with Crippen molar-refractivity contribution < 1.29 is 9.53 Å². The van der Waals surface area contributed by atoms with E-state index in [-0.39, 0.29) is 5.91 Å². The molecule has 154 valence electrons. The third kappa shape index (κ3) is 4.62. The van der Waals surface area contributed by atoms with Gasteiger partial charge in [0, 0.05) is 37.8 Å². The molecular weight excluding hydrogens is 384 g/mol. The van der Waals surface area contributed by atoms with Crippen LogP contribution in [0, 0.1) is 6.92 Å².